The van der Waals surface area contributed by atoms with Gasteiger partial charge >= 0.3 is 0 Å². The fourth-order valence-corrected chi connectivity index (χ4v) is 2.40. The van der Waals surface area contributed by atoms with Crippen molar-refractivity contribution in [1.29, 1.82) is 0 Å². The van der Waals surface area contributed by atoms with Crippen LogP contribution in [0.15, 0.2) is 6.07 Å². The van der Waals surface area contributed by atoms with Gasteiger partial charge in [0.1, 0.15) is 17.5 Å². The number of hydrogen-bond donors (Lipinski definition) is 1. The Bertz CT molecular complexity index is 383. The van der Waals surface area contributed by atoms with Crippen LogP contribution in [-0.2, 0) is 6.42 Å². The van der Waals surface area contributed by atoms with Crippen LogP contribution in [0.1, 0.15) is 44.9 Å². The van der Waals surface area contributed by atoms with Gasteiger partial charge in [0.25, 0.3) is 0 Å². The maximum absolute atomic E-state index is 4.58. The number of hydrogen-bond acceptors (Lipinski definition) is 4. The van der Waals surface area contributed by atoms with E-state index >= 15 is 0 Å². The molecule has 1 heterocycles. The minimum atomic E-state index is 0.591. The molecule has 100 valence electrons. The summed E-state index contributed by atoms with van der Waals surface area (Å²) in [6, 6.07) is 2.64. The monoisotopic (exact) mass is 248 g/mol. The van der Waals surface area contributed by atoms with Crippen molar-refractivity contribution >= 4 is 11.6 Å². The molecule has 1 aromatic rings. The van der Waals surface area contributed by atoms with Gasteiger partial charge in [-0.05, 0) is 12.8 Å². The maximum atomic E-state index is 4.58. The largest absolute Gasteiger partial charge is 0.367 e. The van der Waals surface area contributed by atoms with Crippen molar-refractivity contribution in [2.24, 2.45) is 0 Å². The summed E-state index contributed by atoms with van der Waals surface area (Å²) in [5.41, 5.74) is 0. The van der Waals surface area contributed by atoms with Crippen LogP contribution in [-0.4, -0.2) is 30.1 Å². The maximum Gasteiger partial charge on any atom is 0.133 e. The first-order chi connectivity index (χ1) is 8.69. The van der Waals surface area contributed by atoms with Crippen molar-refractivity contribution in [1.82, 2.24) is 9.97 Å². The fourth-order valence-electron chi connectivity index (χ4n) is 2.40. The number of rotatable bonds is 4. The molecule has 0 amide bonds. The molecule has 0 bridgehead atoms. The third kappa shape index (κ3) is 3.34. The summed E-state index contributed by atoms with van der Waals surface area (Å²) in [5, 5.41) is 3.57. The number of aryl methyl sites for hydroxylation is 1. The molecule has 1 saturated carbocycles. The second kappa shape index (κ2) is 6.03. The third-order valence-electron chi connectivity index (χ3n) is 3.49. The highest BCUT2D eigenvalue weighted by Crippen LogP contribution is 2.22. The van der Waals surface area contributed by atoms with Crippen LogP contribution in [0, 0.1) is 0 Å². The van der Waals surface area contributed by atoms with E-state index in [9.17, 15) is 0 Å². The first-order valence-corrected chi connectivity index (χ1v) is 7.01. The van der Waals surface area contributed by atoms with Crippen molar-refractivity contribution in [2.75, 3.05) is 24.3 Å². The molecule has 0 spiro atoms. The highest BCUT2D eigenvalue weighted by atomic mass is 15.2. The Balaban J connectivity index is 2.12. The summed E-state index contributed by atoms with van der Waals surface area (Å²) in [5.74, 6) is 2.89. The Labute approximate surface area is 110 Å². The summed E-state index contributed by atoms with van der Waals surface area (Å²) < 4.78 is 0. The zero-order valence-electron chi connectivity index (χ0n) is 11.7. The molecule has 0 aliphatic heterocycles. The lowest BCUT2D eigenvalue weighted by Gasteiger charge is -2.24. The van der Waals surface area contributed by atoms with Crippen LogP contribution >= 0.6 is 0 Å². The second-order valence-corrected chi connectivity index (χ2v) is 5.25. The predicted molar refractivity (Wildman–Crippen MR) is 76.2 cm³/mol. The normalized spacial score (nSPS) is 16.6. The first kappa shape index (κ1) is 13.1. The minimum absolute atomic E-state index is 0.591. The van der Waals surface area contributed by atoms with Gasteiger partial charge in [-0.1, -0.05) is 26.2 Å². The van der Waals surface area contributed by atoms with Gasteiger partial charge in [-0.25, -0.2) is 9.97 Å². The van der Waals surface area contributed by atoms with Crippen LogP contribution < -0.4 is 10.2 Å². The van der Waals surface area contributed by atoms with E-state index in [-0.39, 0.29) is 0 Å². The summed E-state index contributed by atoms with van der Waals surface area (Å²) >= 11 is 0. The van der Waals surface area contributed by atoms with Gasteiger partial charge in [0.2, 0.25) is 0 Å². The van der Waals surface area contributed by atoms with E-state index in [1.54, 1.807) is 0 Å². The van der Waals surface area contributed by atoms with Crippen LogP contribution in [0.5, 0.6) is 0 Å². The number of nitrogens with one attached hydrogen (secondary N) is 1. The summed E-state index contributed by atoms with van der Waals surface area (Å²) in [6.07, 6.45) is 7.46. The molecule has 0 aromatic carbocycles. The van der Waals surface area contributed by atoms with E-state index in [1.165, 1.54) is 32.1 Å². The second-order valence-electron chi connectivity index (χ2n) is 5.25. The van der Waals surface area contributed by atoms with Gasteiger partial charge in [0, 0.05) is 32.6 Å². The lowest BCUT2D eigenvalue weighted by Crippen LogP contribution is -2.23. The van der Waals surface area contributed by atoms with E-state index in [2.05, 4.69) is 22.2 Å². The van der Waals surface area contributed by atoms with Gasteiger partial charge in [0.15, 0.2) is 0 Å². The summed E-state index contributed by atoms with van der Waals surface area (Å²) in [7, 11) is 4.04. The molecule has 0 unspecified atom stereocenters. The van der Waals surface area contributed by atoms with E-state index in [0.717, 1.165) is 23.9 Å². The number of aromatic nitrogens is 2. The van der Waals surface area contributed by atoms with E-state index in [1.807, 2.05) is 25.1 Å². The lowest BCUT2D eigenvalue weighted by molar-refractivity contribution is 0.461. The Morgan fingerprint density at radius 3 is 2.56 bits per heavy atom. The predicted octanol–water partition coefficient (Wildman–Crippen LogP) is 2.85. The topological polar surface area (TPSA) is 41.1 Å². The van der Waals surface area contributed by atoms with E-state index in [0.29, 0.717) is 6.04 Å². The molecule has 0 atom stereocenters. The quantitative estimate of drug-likeness (QED) is 0.889. The zero-order chi connectivity index (χ0) is 13.0. The fraction of sp³-hybridized carbons (Fsp3) is 0.714. The molecule has 1 fully saturated rings. The molecule has 4 heteroatoms. The molecule has 0 saturated heterocycles. The van der Waals surface area contributed by atoms with Gasteiger partial charge in [-0.15, -0.1) is 0 Å². The Morgan fingerprint density at radius 2 is 1.94 bits per heavy atom. The summed E-state index contributed by atoms with van der Waals surface area (Å²) in [4.78, 5) is 11.1. The van der Waals surface area contributed by atoms with Gasteiger partial charge in [-0.3, -0.25) is 0 Å². The standard InChI is InChI=1S/C14H24N4/c1-4-12-16-13(10-14(17-12)18(2)3)15-11-8-6-5-7-9-11/h10-11H,4-9H2,1-3H3,(H,15,16,17). The molecule has 1 N–H and O–H groups in total. The molecule has 1 aromatic heterocycles. The Morgan fingerprint density at radius 1 is 1.22 bits per heavy atom. The van der Waals surface area contributed by atoms with E-state index in [4.69, 9.17) is 0 Å². The van der Waals surface area contributed by atoms with Gasteiger partial charge in [-0.2, -0.15) is 0 Å². The molecule has 1 aliphatic rings. The van der Waals surface area contributed by atoms with Crippen LogP contribution in [0.3, 0.4) is 0 Å². The minimum Gasteiger partial charge on any atom is -0.367 e. The first-order valence-electron chi connectivity index (χ1n) is 7.01. The van der Waals surface area contributed by atoms with Crippen molar-refractivity contribution in [3.8, 4) is 0 Å². The van der Waals surface area contributed by atoms with Gasteiger partial charge < -0.3 is 10.2 Å². The SMILES string of the molecule is CCc1nc(NC2CCCCC2)cc(N(C)C)n1. The van der Waals surface area contributed by atoms with Crippen molar-refractivity contribution in [3.63, 3.8) is 0 Å². The van der Waals surface area contributed by atoms with Crippen LogP contribution in [0.2, 0.25) is 0 Å². The average Bonchev–Trinajstić information content (AvgIpc) is 2.39. The third-order valence-corrected chi connectivity index (χ3v) is 3.49. The smallest absolute Gasteiger partial charge is 0.133 e. The summed E-state index contributed by atoms with van der Waals surface area (Å²) in [6.45, 7) is 2.10. The molecule has 0 radical (unpaired) electrons. The highest BCUT2D eigenvalue weighted by Gasteiger charge is 2.14. The molecular weight excluding hydrogens is 224 g/mol. The number of nitrogens with zero attached hydrogens (tertiary/aromatic N) is 3. The van der Waals surface area contributed by atoms with Crippen molar-refractivity contribution < 1.29 is 0 Å². The Hall–Kier alpha value is -1.32. The van der Waals surface area contributed by atoms with E-state index < -0.39 is 0 Å². The molecule has 18 heavy (non-hydrogen) atoms. The Kier molecular flexibility index (Phi) is 4.39. The number of anilines is 2. The molecular formula is C14H24N4. The van der Waals surface area contributed by atoms with Crippen molar-refractivity contribution in [2.45, 2.75) is 51.5 Å². The molecule has 1 aliphatic carbocycles. The average molecular weight is 248 g/mol. The molecule has 4 nitrogen and oxygen atoms in total. The highest BCUT2D eigenvalue weighted by molar-refractivity contribution is 5.49. The zero-order valence-corrected chi connectivity index (χ0v) is 11.7. The molecule has 2 rings (SSSR count). The van der Waals surface area contributed by atoms with Crippen LogP contribution in [0.4, 0.5) is 11.6 Å². The lowest BCUT2D eigenvalue weighted by atomic mass is 9.95. The van der Waals surface area contributed by atoms with Crippen LogP contribution in [0.25, 0.3) is 0 Å². The van der Waals surface area contributed by atoms with Gasteiger partial charge in [0.05, 0.1) is 0 Å². The van der Waals surface area contributed by atoms with Crippen molar-refractivity contribution in [3.05, 3.63) is 11.9 Å².